The van der Waals surface area contributed by atoms with Crippen LogP contribution in [0.4, 0.5) is 4.39 Å². The van der Waals surface area contributed by atoms with Crippen LogP contribution in [-0.2, 0) is 16.0 Å². The Morgan fingerprint density at radius 2 is 1.88 bits per heavy atom. The van der Waals surface area contributed by atoms with Crippen LogP contribution < -0.4 is 4.74 Å². The van der Waals surface area contributed by atoms with E-state index < -0.39 is 12.1 Å². The van der Waals surface area contributed by atoms with E-state index in [0.717, 1.165) is 66.3 Å². The third-order valence-electron chi connectivity index (χ3n) is 6.05. The Labute approximate surface area is 204 Å². The highest BCUT2D eigenvalue weighted by atomic mass is 79.9. The minimum absolute atomic E-state index is 0.177. The Hall–Kier alpha value is -2.02. The second kappa shape index (κ2) is 13.0. The highest BCUT2D eigenvalue weighted by Gasteiger charge is 2.27. The quantitative estimate of drug-likeness (QED) is 0.302. The van der Waals surface area contributed by atoms with Gasteiger partial charge in [-0.2, -0.15) is 0 Å². The standard InChI is InChI=1S/C26H34BrFN2O3/c1-3-5-7-23(28)26(31)33-21-11-8-18(9-12-21)17-32-24-13-10-20(14-22(24)27)25-29-15-19(6-4-2)16-30-25/h10,13-16,18,21,23H,3-9,11-12,17H2,1-2H3/t18-,21-,23-/m0/s1. The first-order valence-electron chi connectivity index (χ1n) is 12.1. The van der Waals surface area contributed by atoms with Crippen molar-refractivity contribution in [1.82, 2.24) is 9.97 Å². The summed E-state index contributed by atoms with van der Waals surface area (Å²) in [5, 5.41) is 0. The van der Waals surface area contributed by atoms with Crippen LogP contribution in [0.15, 0.2) is 35.1 Å². The van der Waals surface area contributed by atoms with Crippen molar-refractivity contribution in [2.45, 2.75) is 83.9 Å². The van der Waals surface area contributed by atoms with Gasteiger partial charge in [0, 0.05) is 18.0 Å². The molecule has 5 nitrogen and oxygen atoms in total. The molecular formula is C26H34BrFN2O3. The van der Waals surface area contributed by atoms with Crippen LogP contribution in [-0.4, -0.2) is 34.8 Å². The minimum atomic E-state index is -1.49. The summed E-state index contributed by atoms with van der Waals surface area (Å²) in [5.41, 5.74) is 2.08. The van der Waals surface area contributed by atoms with Crippen LogP contribution in [0, 0.1) is 5.92 Å². The number of carbonyl (C=O) groups excluding carboxylic acids is 1. The van der Waals surface area contributed by atoms with Crippen LogP contribution in [0.1, 0.15) is 70.8 Å². The van der Waals surface area contributed by atoms with Crippen LogP contribution in [0.3, 0.4) is 0 Å². The molecule has 1 aromatic carbocycles. The van der Waals surface area contributed by atoms with Gasteiger partial charge in [0.15, 0.2) is 12.0 Å². The summed E-state index contributed by atoms with van der Waals surface area (Å²) in [7, 11) is 0. The lowest BCUT2D eigenvalue weighted by atomic mass is 9.88. The Kier molecular flexibility index (Phi) is 10.1. The lowest BCUT2D eigenvalue weighted by molar-refractivity contribution is -0.157. The van der Waals surface area contributed by atoms with E-state index in [0.29, 0.717) is 24.8 Å². The van der Waals surface area contributed by atoms with Crippen LogP contribution in [0.5, 0.6) is 5.75 Å². The number of ether oxygens (including phenoxy) is 2. The number of halogens is 2. The summed E-state index contributed by atoms with van der Waals surface area (Å²) in [6.45, 7) is 4.72. The molecule has 0 radical (unpaired) electrons. The SMILES string of the molecule is CCCC[C@H](F)C(=O)O[C@H]1CC[C@H](COc2ccc(-c3ncc(CCC)cn3)cc2Br)CC1. The van der Waals surface area contributed by atoms with E-state index in [1.807, 2.05) is 37.5 Å². The van der Waals surface area contributed by atoms with Gasteiger partial charge in [-0.3, -0.25) is 0 Å². The van der Waals surface area contributed by atoms with Gasteiger partial charge in [-0.15, -0.1) is 0 Å². The van der Waals surface area contributed by atoms with E-state index in [1.54, 1.807) is 0 Å². The van der Waals surface area contributed by atoms with E-state index in [2.05, 4.69) is 32.8 Å². The molecule has 0 saturated heterocycles. The van der Waals surface area contributed by atoms with Crippen molar-refractivity contribution in [3.8, 4) is 17.1 Å². The first-order valence-corrected chi connectivity index (χ1v) is 12.9. The van der Waals surface area contributed by atoms with Gasteiger partial charge in [0.2, 0.25) is 0 Å². The summed E-state index contributed by atoms with van der Waals surface area (Å²) in [5.74, 6) is 1.17. The molecule has 3 rings (SSSR count). The predicted octanol–water partition coefficient (Wildman–Crippen LogP) is 6.87. The van der Waals surface area contributed by atoms with Crippen molar-refractivity contribution < 1.29 is 18.7 Å². The number of nitrogens with zero attached hydrogens (tertiary/aromatic N) is 2. The largest absolute Gasteiger partial charge is 0.492 e. The minimum Gasteiger partial charge on any atom is -0.492 e. The van der Waals surface area contributed by atoms with Crippen LogP contribution >= 0.6 is 15.9 Å². The van der Waals surface area contributed by atoms with Crippen molar-refractivity contribution >= 4 is 21.9 Å². The average Bonchev–Trinajstić information content (AvgIpc) is 2.83. The number of unbranched alkanes of at least 4 members (excludes halogenated alkanes) is 1. The molecule has 0 bridgehead atoms. The monoisotopic (exact) mass is 520 g/mol. The van der Waals surface area contributed by atoms with Gasteiger partial charge in [-0.05, 0) is 84.1 Å². The van der Waals surface area contributed by atoms with E-state index in [1.165, 1.54) is 0 Å². The zero-order valence-corrected chi connectivity index (χ0v) is 21.2. The molecule has 1 fully saturated rings. The molecule has 0 N–H and O–H groups in total. The molecule has 180 valence electrons. The fourth-order valence-electron chi connectivity index (χ4n) is 4.04. The van der Waals surface area contributed by atoms with Gasteiger partial charge in [-0.1, -0.05) is 33.1 Å². The maximum atomic E-state index is 13.8. The molecule has 1 saturated carbocycles. The van der Waals surface area contributed by atoms with E-state index in [9.17, 15) is 9.18 Å². The van der Waals surface area contributed by atoms with E-state index >= 15 is 0 Å². The van der Waals surface area contributed by atoms with Crippen molar-refractivity contribution in [2.24, 2.45) is 5.92 Å². The second-order valence-electron chi connectivity index (χ2n) is 8.81. The highest BCUT2D eigenvalue weighted by molar-refractivity contribution is 9.10. The zero-order chi connectivity index (χ0) is 23.6. The van der Waals surface area contributed by atoms with Crippen molar-refractivity contribution in [3.63, 3.8) is 0 Å². The smallest absolute Gasteiger partial charge is 0.340 e. The third-order valence-corrected chi connectivity index (χ3v) is 6.67. The molecule has 1 atom stereocenters. The maximum Gasteiger partial charge on any atom is 0.340 e. The maximum absolute atomic E-state index is 13.8. The molecule has 1 aromatic heterocycles. The number of benzene rings is 1. The summed E-state index contributed by atoms with van der Waals surface area (Å²) < 4.78 is 26.1. The van der Waals surface area contributed by atoms with Crippen molar-refractivity contribution in [2.75, 3.05) is 6.61 Å². The van der Waals surface area contributed by atoms with Crippen molar-refractivity contribution in [1.29, 1.82) is 0 Å². The molecule has 0 unspecified atom stereocenters. The van der Waals surface area contributed by atoms with E-state index in [-0.39, 0.29) is 12.5 Å². The topological polar surface area (TPSA) is 61.3 Å². The highest BCUT2D eigenvalue weighted by Crippen LogP contribution is 2.32. The summed E-state index contributed by atoms with van der Waals surface area (Å²) >= 11 is 3.60. The summed E-state index contributed by atoms with van der Waals surface area (Å²) in [6, 6.07) is 5.89. The normalized spacial score (nSPS) is 19.2. The van der Waals surface area contributed by atoms with Crippen LogP contribution in [0.2, 0.25) is 0 Å². The number of rotatable bonds is 11. The number of carbonyl (C=O) groups is 1. The molecule has 0 spiro atoms. The molecule has 2 aromatic rings. The van der Waals surface area contributed by atoms with Gasteiger partial charge in [0.1, 0.15) is 11.9 Å². The molecule has 0 amide bonds. The van der Waals surface area contributed by atoms with Gasteiger partial charge in [-0.25, -0.2) is 19.2 Å². The fourth-order valence-corrected chi connectivity index (χ4v) is 4.54. The Morgan fingerprint density at radius 3 is 2.52 bits per heavy atom. The number of hydrogen-bond acceptors (Lipinski definition) is 5. The fraction of sp³-hybridized carbons (Fsp3) is 0.577. The Morgan fingerprint density at radius 1 is 1.15 bits per heavy atom. The Bertz CT molecular complexity index is 886. The van der Waals surface area contributed by atoms with E-state index in [4.69, 9.17) is 9.47 Å². The first-order chi connectivity index (χ1) is 16.0. The zero-order valence-electron chi connectivity index (χ0n) is 19.6. The second-order valence-corrected chi connectivity index (χ2v) is 9.66. The molecule has 1 aliphatic carbocycles. The molecular weight excluding hydrogens is 487 g/mol. The lowest BCUT2D eigenvalue weighted by Crippen LogP contribution is -2.30. The van der Waals surface area contributed by atoms with Crippen molar-refractivity contribution in [3.05, 3.63) is 40.6 Å². The predicted molar refractivity (Wildman–Crippen MR) is 131 cm³/mol. The third kappa shape index (κ3) is 7.76. The molecule has 0 aliphatic heterocycles. The average molecular weight is 521 g/mol. The Balaban J connectivity index is 1.45. The van der Waals surface area contributed by atoms with Gasteiger partial charge in [0.05, 0.1) is 11.1 Å². The summed E-state index contributed by atoms with van der Waals surface area (Å²) in [6.07, 6.45) is 9.30. The van der Waals surface area contributed by atoms with Crippen LogP contribution in [0.25, 0.3) is 11.4 Å². The molecule has 1 aliphatic rings. The lowest BCUT2D eigenvalue weighted by Gasteiger charge is -2.28. The number of aryl methyl sites for hydroxylation is 1. The number of hydrogen-bond donors (Lipinski definition) is 0. The molecule has 1 heterocycles. The summed E-state index contributed by atoms with van der Waals surface area (Å²) in [4.78, 5) is 20.8. The number of esters is 1. The van der Waals surface area contributed by atoms with Gasteiger partial charge >= 0.3 is 5.97 Å². The molecule has 33 heavy (non-hydrogen) atoms. The van der Waals surface area contributed by atoms with Gasteiger partial charge < -0.3 is 9.47 Å². The number of aromatic nitrogens is 2. The molecule has 7 heteroatoms. The first kappa shape index (κ1) is 25.6. The number of alkyl halides is 1. The van der Waals surface area contributed by atoms with Gasteiger partial charge in [0.25, 0.3) is 0 Å².